The van der Waals surface area contributed by atoms with Crippen LogP contribution in [0.1, 0.15) is 25.7 Å². The van der Waals surface area contributed by atoms with E-state index in [1.54, 1.807) is 0 Å². The molecule has 0 spiro atoms. The first kappa shape index (κ1) is 18.9. The molecule has 0 amide bonds. The minimum Gasteiger partial charge on any atom is -0.372 e. The Balaban J connectivity index is 4.62. The molecule has 0 atom stereocenters. The highest BCUT2D eigenvalue weighted by atomic mass is 32.1. The molecular weight excluding hydrogens is 294 g/mol. The van der Waals surface area contributed by atoms with Gasteiger partial charge in [-0.05, 0) is 12.2 Å². The fourth-order valence-electron chi connectivity index (χ4n) is 1.39. The van der Waals surface area contributed by atoms with E-state index in [4.69, 9.17) is 29.1 Å². The molecule has 0 unspecified atom stereocenters. The Bertz CT molecular complexity index is 325. The van der Waals surface area contributed by atoms with Crippen LogP contribution in [0.3, 0.4) is 0 Å². The first-order valence-electron chi connectivity index (χ1n) is 6.38. The summed E-state index contributed by atoms with van der Waals surface area (Å²) in [6.45, 7) is 0.692. The van der Waals surface area contributed by atoms with Crippen molar-refractivity contribution in [2.24, 2.45) is 0 Å². The molecule has 0 rings (SSSR count). The van der Waals surface area contributed by atoms with Crippen molar-refractivity contribution in [1.82, 2.24) is 0 Å². The minimum atomic E-state index is -2.93. The number of hydrogen-bond acceptors (Lipinski definition) is 7. The van der Waals surface area contributed by atoms with Crippen LogP contribution >= 0.6 is 12.6 Å². The van der Waals surface area contributed by atoms with Gasteiger partial charge in [-0.3, -0.25) is 0 Å². The lowest BCUT2D eigenvalue weighted by atomic mass is 10.5. The van der Waals surface area contributed by atoms with Gasteiger partial charge in [-0.1, -0.05) is 0 Å². The van der Waals surface area contributed by atoms with E-state index in [2.05, 4.69) is 12.6 Å². The minimum absolute atomic E-state index is 0.231. The van der Waals surface area contributed by atoms with Gasteiger partial charge in [0.25, 0.3) is 0 Å². The van der Waals surface area contributed by atoms with Crippen molar-refractivity contribution in [3.05, 3.63) is 0 Å². The maximum absolute atomic E-state index is 8.57. The Labute approximate surface area is 126 Å². The summed E-state index contributed by atoms with van der Waals surface area (Å²) in [5, 5.41) is 25.7. The molecule has 0 aliphatic heterocycles. The van der Waals surface area contributed by atoms with E-state index < -0.39 is 8.80 Å². The predicted octanol–water partition coefficient (Wildman–Crippen LogP) is 2.04. The van der Waals surface area contributed by atoms with E-state index >= 15 is 0 Å². The van der Waals surface area contributed by atoms with E-state index in [-0.39, 0.29) is 39.1 Å². The maximum atomic E-state index is 8.57. The molecule has 0 N–H and O–H groups in total. The van der Waals surface area contributed by atoms with Gasteiger partial charge in [-0.15, -0.1) is 0 Å². The van der Waals surface area contributed by atoms with Crippen LogP contribution in [0, 0.1) is 34.0 Å². The Morgan fingerprint density at radius 1 is 0.800 bits per heavy atom. The van der Waals surface area contributed by atoms with Gasteiger partial charge in [0.15, 0.2) is 0 Å². The third kappa shape index (κ3) is 8.92. The van der Waals surface area contributed by atoms with E-state index in [1.165, 1.54) is 0 Å². The Morgan fingerprint density at radius 3 is 1.50 bits per heavy atom. The van der Waals surface area contributed by atoms with Gasteiger partial charge in [-0.2, -0.15) is 28.4 Å². The van der Waals surface area contributed by atoms with E-state index in [1.807, 2.05) is 18.2 Å². The van der Waals surface area contributed by atoms with Crippen molar-refractivity contribution in [1.29, 1.82) is 15.8 Å². The zero-order chi connectivity index (χ0) is 15.1. The lowest BCUT2D eigenvalue weighted by molar-refractivity contribution is 0.0637. The smallest absolute Gasteiger partial charge is 0.372 e. The molecule has 0 aromatic carbocycles. The lowest BCUT2D eigenvalue weighted by Gasteiger charge is -2.29. The standard InChI is InChI=1S/C12H19N3O3SSi/c13-5-1-8-16-20(12-4-11-19,17-9-2-6-14)18-10-3-7-15/h19H,1-4,8-12H2. The third-order valence-corrected chi connectivity index (χ3v) is 5.46. The van der Waals surface area contributed by atoms with Crippen LogP contribution in [0.4, 0.5) is 0 Å². The van der Waals surface area contributed by atoms with Gasteiger partial charge < -0.3 is 13.3 Å². The molecule has 0 aromatic rings. The quantitative estimate of drug-likeness (QED) is 0.336. The Hall–Kier alpha value is -1.08. The average molecular weight is 313 g/mol. The molecule has 0 radical (unpaired) electrons. The number of thiol groups is 1. The summed E-state index contributed by atoms with van der Waals surface area (Å²) in [6, 6.07) is 6.56. The number of rotatable bonds is 12. The molecule has 0 heterocycles. The first-order chi connectivity index (χ1) is 9.74. The summed E-state index contributed by atoms with van der Waals surface area (Å²) in [7, 11) is -2.93. The molecule has 0 saturated heterocycles. The molecular formula is C12H19N3O3SSi. The number of hydrogen-bond donors (Lipinski definition) is 1. The normalized spacial score (nSPS) is 10.5. The first-order valence-corrected chi connectivity index (χ1v) is 8.94. The molecule has 0 saturated carbocycles. The van der Waals surface area contributed by atoms with Crippen molar-refractivity contribution in [2.45, 2.75) is 31.7 Å². The van der Waals surface area contributed by atoms with Crippen molar-refractivity contribution in [3.63, 3.8) is 0 Å². The van der Waals surface area contributed by atoms with Gasteiger partial charge in [0.1, 0.15) is 0 Å². The highest BCUT2D eigenvalue weighted by Crippen LogP contribution is 2.19. The van der Waals surface area contributed by atoms with Crippen LogP contribution in [-0.4, -0.2) is 34.4 Å². The lowest BCUT2D eigenvalue weighted by Crippen LogP contribution is -2.46. The van der Waals surface area contributed by atoms with E-state index in [0.717, 1.165) is 6.42 Å². The van der Waals surface area contributed by atoms with Gasteiger partial charge in [0.2, 0.25) is 0 Å². The molecule has 0 aromatic heterocycles. The van der Waals surface area contributed by atoms with Gasteiger partial charge in [0, 0.05) is 6.04 Å². The molecule has 0 aliphatic rings. The molecule has 0 bridgehead atoms. The van der Waals surface area contributed by atoms with Crippen LogP contribution < -0.4 is 0 Å². The second-order valence-corrected chi connectivity index (χ2v) is 6.96. The molecule has 20 heavy (non-hydrogen) atoms. The van der Waals surface area contributed by atoms with Crippen LogP contribution in [0.5, 0.6) is 0 Å². The van der Waals surface area contributed by atoms with Gasteiger partial charge in [0.05, 0.1) is 57.3 Å². The summed E-state index contributed by atoms with van der Waals surface area (Å²) in [6.07, 6.45) is 1.50. The van der Waals surface area contributed by atoms with Crippen LogP contribution in [-0.2, 0) is 13.3 Å². The molecule has 6 nitrogen and oxygen atoms in total. The van der Waals surface area contributed by atoms with Crippen LogP contribution in [0.15, 0.2) is 0 Å². The molecule has 110 valence electrons. The third-order valence-electron chi connectivity index (χ3n) is 2.25. The summed E-state index contributed by atoms with van der Waals surface area (Å²) < 4.78 is 17.1. The summed E-state index contributed by atoms with van der Waals surface area (Å²) in [5.41, 5.74) is 0. The number of nitriles is 3. The summed E-state index contributed by atoms with van der Waals surface area (Å²) >= 11 is 4.16. The highest BCUT2D eigenvalue weighted by molar-refractivity contribution is 7.80. The SMILES string of the molecule is N#CCCO[Si](CCCS)(OCCC#N)OCCC#N. The van der Waals surface area contributed by atoms with Crippen LogP contribution in [0.2, 0.25) is 6.04 Å². The van der Waals surface area contributed by atoms with Crippen molar-refractivity contribution in [3.8, 4) is 18.2 Å². The largest absolute Gasteiger partial charge is 0.501 e. The van der Waals surface area contributed by atoms with Gasteiger partial charge >= 0.3 is 8.80 Å². The van der Waals surface area contributed by atoms with Crippen molar-refractivity contribution >= 4 is 21.4 Å². The zero-order valence-electron chi connectivity index (χ0n) is 11.4. The monoisotopic (exact) mass is 313 g/mol. The summed E-state index contributed by atoms with van der Waals surface area (Å²) in [5.74, 6) is 0.666. The molecule has 0 aliphatic carbocycles. The summed E-state index contributed by atoms with van der Waals surface area (Å²) in [4.78, 5) is 0. The zero-order valence-corrected chi connectivity index (χ0v) is 13.3. The fraction of sp³-hybridized carbons (Fsp3) is 0.750. The highest BCUT2D eigenvalue weighted by Gasteiger charge is 2.40. The van der Waals surface area contributed by atoms with Crippen molar-refractivity contribution < 1.29 is 13.3 Å². The predicted molar refractivity (Wildman–Crippen MR) is 77.6 cm³/mol. The van der Waals surface area contributed by atoms with Crippen LogP contribution in [0.25, 0.3) is 0 Å². The van der Waals surface area contributed by atoms with E-state index in [9.17, 15) is 0 Å². The second-order valence-electron chi connectivity index (χ2n) is 3.78. The fourth-order valence-corrected chi connectivity index (χ4v) is 4.38. The van der Waals surface area contributed by atoms with Gasteiger partial charge in [-0.25, -0.2) is 0 Å². The van der Waals surface area contributed by atoms with E-state index in [0.29, 0.717) is 11.8 Å². The molecule has 0 fully saturated rings. The number of nitrogens with zero attached hydrogens (tertiary/aromatic N) is 3. The van der Waals surface area contributed by atoms with Crippen molar-refractivity contribution in [2.75, 3.05) is 25.6 Å². The second kappa shape index (κ2) is 12.9. The maximum Gasteiger partial charge on any atom is 0.501 e. The average Bonchev–Trinajstić information content (AvgIpc) is 2.46. The Morgan fingerprint density at radius 2 is 1.20 bits per heavy atom. The topological polar surface area (TPSA) is 99.1 Å². The Kier molecular flexibility index (Phi) is 12.2. The molecule has 8 heteroatoms.